The number of amides is 1. The number of benzene rings is 1. The molecule has 0 aliphatic carbocycles. The van der Waals surface area contributed by atoms with Gasteiger partial charge in [0.2, 0.25) is 0 Å². The molecule has 3 rings (SSSR count). The first-order valence-corrected chi connectivity index (χ1v) is 6.30. The third-order valence-electron chi connectivity index (χ3n) is 3.52. The largest absolute Gasteiger partial charge is 0.481 e. The summed E-state index contributed by atoms with van der Waals surface area (Å²) in [4.78, 5) is 31.9. The monoisotopic (exact) mass is 271 g/mol. The van der Waals surface area contributed by atoms with Gasteiger partial charge in [-0.1, -0.05) is 18.2 Å². The van der Waals surface area contributed by atoms with E-state index in [4.69, 9.17) is 0 Å². The SMILES string of the molecule is O=C(O)C1CCN(C(=O)c2cnc[nH]2)c2ccccc21. The number of fused-ring (bicyclic) bond motifs is 1. The fraction of sp³-hybridized carbons (Fsp3) is 0.214. The Labute approximate surface area is 115 Å². The van der Waals surface area contributed by atoms with Gasteiger partial charge in [-0.25, -0.2) is 4.98 Å². The second-order valence-corrected chi connectivity index (χ2v) is 4.66. The van der Waals surface area contributed by atoms with Crippen LogP contribution >= 0.6 is 0 Å². The van der Waals surface area contributed by atoms with Crippen molar-refractivity contribution >= 4 is 17.6 Å². The Morgan fingerprint density at radius 3 is 2.85 bits per heavy atom. The minimum absolute atomic E-state index is 0.196. The number of hydrogen-bond donors (Lipinski definition) is 2. The molecule has 0 saturated heterocycles. The van der Waals surface area contributed by atoms with Crippen molar-refractivity contribution in [1.82, 2.24) is 9.97 Å². The molecule has 2 heterocycles. The van der Waals surface area contributed by atoms with Crippen molar-refractivity contribution in [2.45, 2.75) is 12.3 Å². The van der Waals surface area contributed by atoms with Crippen LogP contribution in [0, 0.1) is 0 Å². The van der Waals surface area contributed by atoms with Crippen LogP contribution in [0.5, 0.6) is 0 Å². The number of nitrogens with zero attached hydrogens (tertiary/aromatic N) is 2. The molecule has 20 heavy (non-hydrogen) atoms. The van der Waals surface area contributed by atoms with Gasteiger partial charge in [-0.15, -0.1) is 0 Å². The molecule has 1 atom stereocenters. The van der Waals surface area contributed by atoms with E-state index in [1.165, 1.54) is 12.5 Å². The highest BCUT2D eigenvalue weighted by molar-refractivity contribution is 6.06. The summed E-state index contributed by atoms with van der Waals surface area (Å²) >= 11 is 0. The van der Waals surface area contributed by atoms with Gasteiger partial charge in [-0.05, 0) is 18.1 Å². The van der Waals surface area contributed by atoms with Gasteiger partial charge in [-0.3, -0.25) is 9.59 Å². The average molecular weight is 271 g/mol. The Hall–Kier alpha value is -2.63. The van der Waals surface area contributed by atoms with Crippen molar-refractivity contribution in [2.75, 3.05) is 11.4 Å². The average Bonchev–Trinajstić information content (AvgIpc) is 2.99. The van der Waals surface area contributed by atoms with E-state index in [0.29, 0.717) is 29.9 Å². The van der Waals surface area contributed by atoms with Crippen molar-refractivity contribution < 1.29 is 14.7 Å². The molecule has 1 unspecified atom stereocenters. The molecular weight excluding hydrogens is 258 g/mol. The topological polar surface area (TPSA) is 86.3 Å². The lowest BCUT2D eigenvalue weighted by Crippen LogP contribution is -2.38. The fourth-order valence-corrected chi connectivity index (χ4v) is 2.55. The molecule has 2 N–H and O–H groups in total. The second kappa shape index (κ2) is 4.80. The molecule has 102 valence electrons. The van der Waals surface area contributed by atoms with Crippen LogP contribution in [-0.2, 0) is 4.79 Å². The third-order valence-corrected chi connectivity index (χ3v) is 3.52. The number of carbonyl (C=O) groups is 2. The zero-order valence-corrected chi connectivity index (χ0v) is 10.6. The van der Waals surface area contributed by atoms with E-state index in [-0.39, 0.29) is 5.91 Å². The van der Waals surface area contributed by atoms with Crippen molar-refractivity contribution in [2.24, 2.45) is 0 Å². The minimum atomic E-state index is -0.855. The first kappa shape index (κ1) is 12.4. The molecule has 6 nitrogen and oxygen atoms in total. The predicted octanol–water partition coefficient (Wildman–Crippen LogP) is 1.63. The van der Waals surface area contributed by atoms with Crippen molar-refractivity contribution in [3.8, 4) is 0 Å². The molecule has 2 aromatic rings. The second-order valence-electron chi connectivity index (χ2n) is 4.66. The van der Waals surface area contributed by atoms with Gasteiger partial charge in [-0.2, -0.15) is 0 Å². The highest BCUT2D eigenvalue weighted by Gasteiger charge is 2.32. The van der Waals surface area contributed by atoms with Crippen molar-refractivity contribution in [1.29, 1.82) is 0 Å². The number of hydrogen-bond acceptors (Lipinski definition) is 3. The molecule has 0 fully saturated rings. The Balaban J connectivity index is 2.01. The van der Waals surface area contributed by atoms with E-state index in [2.05, 4.69) is 9.97 Å². The molecule has 1 aliphatic rings. The molecule has 1 aromatic carbocycles. The van der Waals surface area contributed by atoms with Crippen molar-refractivity contribution in [3.05, 3.63) is 48.0 Å². The first-order valence-electron chi connectivity index (χ1n) is 6.30. The number of anilines is 1. The Morgan fingerprint density at radius 1 is 1.35 bits per heavy atom. The predicted molar refractivity (Wildman–Crippen MR) is 71.7 cm³/mol. The van der Waals surface area contributed by atoms with Crippen molar-refractivity contribution in [3.63, 3.8) is 0 Å². The summed E-state index contributed by atoms with van der Waals surface area (Å²) in [5, 5.41) is 9.27. The van der Waals surface area contributed by atoms with E-state index < -0.39 is 11.9 Å². The summed E-state index contributed by atoms with van der Waals surface area (Å²) in [5.74, 6) is -1.61. The quantitative estimate of drug-likeness (QED) is 0.869. The highest BCUT2D eigenvalue weighted by Crippen LogP contribution is 2.35. The van der Waals surface area contributed by atoms with Crippen LogP contribution in [0.3, 0.4) is 0 Å². The first-order chi connectivity index (χ1) is 9.68. The smallest absolute Gasteiger partial charge is 0.311 e. The molecule has 1 amide bonds. The maximum absolute atomic E-state index is 12.4. The molecular formula is C14H13N3O3. The van der Waals surface area contributed by atoms with Crippen LogP contribution in [0.15, 0.2) is 36.8 Å². The van der Waals surface area contributed by atoms with Gasteiger partial charge in [0.1, 0.15) is 5.69 Å². The van der Waals surface area contributed by atoms with E-state index in [1.54, 1.807) is 29.2 Å². The van der Waals surface area contributed by atoms with Crippen LogP contribution in [-0.4, -0.2) is 33.5 Å². The summed E-state index contributed by atoms with van der Waals surface area (Å²) in [6.07, 6.45) is 3.32. The summed E-state index contributed by atoms with van der Waals surface area (Å²) in [6, 6.07) is 7.13. The van der Waals surface area contributed by atoms with Gasteiger partial charge in [0.05, 0.1) is 18.4 Å². The number of aromatic amines is 1. The number of carboxylic acid groups (broad SMARTS) is 1. The number of para-hydroxylation sites is 1. The van der Waals surface area contributed by atoms with E-state index in [9.17, 15) is 14.7 Å². The van der Waals surface area contributed by atoms with E-state index >= 15 is 0 Å². The number of imidazole rings is 1. The van der Waals surface area contributed by atoms with Gasteiger partial charge >= 0.3 is 5.97 Å². The zero-order chi connectivity index (χ0) is 14.1. The van der Waals surface area contributed by atoms with Crippen LogP contribution in [0.2, 0.25) is 0 Å². The van der Waals surface area contributed by atoms with Crippen LogP contribution in [0.1, 0.15) is 28.4 Å². The Kier molecular flexibility index (Phi) is 2.98. The summed E-state index contributed by atoms with van der Waals surface area (Å²) in [5.41, 5.74) is 1.73. The third kappa shape index (κ3) is 1.95. The number of aromatic nitrogens is 2. The number of nitrogens with one attached hydrogen (secondary N) is 1. The lowest BCUT2D eigenvalue weighted by Gasteiger charge is -2.32. The lowest BCUT2D eigenvalue weighted by atomic mass is 9.90. The Morgan fingerprint density at radius 2 is 2.15 bits per heavy atom. The lowest BCUT2D eigenvalue weighted by molar-refractivity contribution is -0.139. The van der Waals surface area contributed by atoms with Gasteiger partial charge in [0, 0.05) is 12.2 Å². The van der Waals surface area contributed by atoms with Crippen LogP contribution < -0.4 is 4.90 Å². The minimum Gasteiger partial charge on any atom is -0.481 e. The normalized spacial score (nSPS) is 17.6. The van der Waals surface area contributed by atoms with Crippen LogP contribution in [0.4, 0.5) is 5.69 Å². The highest BCUT2D eigenvalue weighted by atomic mass is 16.4. The number of rotatable bonds is 2. The van der Waals surface area contributed by atoms with Gasteiger partial charge in [0.15, 0.2) is 0 Å². The fourth-order valence-electron chi connectivity index (χ4n) is 2.55. The molecule has 0 spiro atoms. The van der Waals surface area contributed by atoms with Gasteiger partial charge < -0.3 is 15.0 Å². The summed E-state index contributed by atoms with van der Waals surface area (Å²) < 4.78 is 0. The molecule has 1 aliphatic heterocycles. The molecule has 0 saturated carbocycles. The van der Waals surface area contributed by atoms with E-state index in [1.807, 2.05) is 0 Å². The van der Waals surface area contributed by atoms with Crippen LogP contribution in [0.25, 0.3) is 0 Å². The number of aliphatic carboxylic acids is 1. The standard InChI is InChI=1S/C14H13N3O3/c18-13(11-7-15-8-16-11)17-6-5-10(14(19)20)9-3-1-2-4-12(9)17/h1-4,7-8,10H,5-6H2,(H,15,16)(H,19,20). The summed E-state index contributed by atoms with van der Waals surface area (Å²) in [7, 11) is 0. The number of carboxylic acids is 1. The maximum atomic E-state index is 12.4. The van der Waals surface area contributed by atoms with Gasteiger partial charge in [0.25, 0.3) is 5.91 Å². The molecule has 0 bridgehead atoms. The van der Waals surface area contributed by atoms with E-state index in [0.717, 1.165) is 0 Å². The molecule has 6 heteroatoms. The maximum Gasteiger partial charge on any atom is 0.311 e. The molecule has 1 aromatic heterocycles. The number of carbonyl (C=O) groups excluding carboxylic acids is 1. The number of H-pyrrole nitrogens is 1. The molecule has 0 radical (unpaired) electrons. The summed E-state index contributed by atoms with van der Waals surface area (Å²) in [6.45, 7) is 0.381. The zero-order valence-electron chi connectivity index (χ0n) is 10.6. The Bertz CT molecular complexity index is 651.